The molecule has 2 fully saturated rings. The smallest absolute Gasteiger partial charge is 0.195 e. The summed E-state index contributed by atoms with van der Waals surface area (Å²) in [6, 6.07) is 10.9. The highest BCUT2D eigenvalue weighted by Gasteiger charge is 2.22. The lowest BCUT2D eigenvalue weighted by Crippen LogP contribution is -2.14. The predicted molar refractivity (Wildman–Crippen MR) is 133 cm³/mol. The first-order valence-electron chi connectivity index (χ1n) is 12.9. The lowest BCUT2D eigenvalue weighted by atomic mass is 9.77. The molecular weight excluding hydrogens is 393 g/mol. The maximum atomic E-state index is 12.7. The van der Waals surface area contributed by atoms with Gasteiger partial charge < -0.3 is 0 Å². The summed E-state index contributed by atoms with van der Waals surface area (Å²) in [4.78, 5) is 0. The second kappa shape index (κ2) is 13.4. The molecule has 2 aliphatic rings. The number of nitriles is 1. The number of benzene rings is 1. The third kappa shape index (κ3) is 8.09. The van der Waals surface area contributed by atoms with Crippen LogP contribution in [0.5, 0.6) is 0 Å². The number of hydrogen-bond donors (Lipinski definition) is 0. The molecule has 3 rings (SSSR count). The number of rotatable bonds is 9. The van der Waals surface area contributed by atoms with Crippen LogP contribution < -0.4 is 0 Å². The minimum atomic E-state index is -0.719. The van der Waals surface area contributed by atoms with E-state index in [1.807, 2.05) is 6.08 Å². The van der Waals surface area contributed by atoms with Crippen molar-refractivity contribution in [1.29, 1.82) is 5.26 Å². The average Bonchev–Trinajstić information content (AvgIpc) is 2.84. The van der Waals surface area contributed by atoms with Gasteiger partial charge in [0.25, 0.3) is 0 Å². The Morgan fingerprint density at radius 3 is 2.19 bits per heavy atom. The van der Waals surface area contributed by atoms with Gasteiger partial charge in [-0.2, -0.15) is 9.65 Å². The van der Waals surface area contributed by atoms with E-state index in [1.54, 1.807) is 11.6 Å². The van der Waals surface area contributed by atoms with Gasteiger partial charge in [-0.25, -0.2) is 0 Å². The first-order valence-corrected chi connectivity index (χ1v) is 12.9. The van der Waals surface area contributed by atoms with Gasteiger partial charge >= 0.3 is 0 Å². The van der Waals surface area contributed by atoms with Crippen molar-refractivity contribution >= 4 is 0 Å². The van der Waals surface area contributed by atoms with Gasteiger partial charge in [-0.05, 0) is 112 Å². The molecule has 0 saturated heterocycles. The molecule has 0 amide bonds. The van der Waals surface area contributed by atoms with E-state index in [-0.39, 0.29) is 0 Å². The summed E-state index contributed by atoms with van der Waals surface area (Å²) in [5, 5.41) is 8.40. The van der Waals surface area contributed by atoms with Gasteiger partial charge in [0.15, 0.2) is 5.83 Å². The second-order valence-electron chi connectivity index (χ2n) is 9.90. The SMILES string of the molecule is CCCc1ccc([C@H]2CC[C@H](/C=C/[C@H]3CC[C@H](CCC=CC=C(F)C#N)CC3)CC2)cc1. The van der Waals surface area contributed by atoms with Gasteiger partial charge in [-0.15, -0.1) is 0 Å². The fraction of sp³-hybridized carbons (Fsp3) is 0.567. The van der Waals surface area contributed by atoms with Crippen LogP contribution >= 0.6 is 0 Å². The molecule has 32 heavy (non-hydrogen) atoms. The van der Waals surface area contributed by atoms with Gasteiger partial charge in [0.2, 0.25) is 0 Å². The normalized spacial score (nSPS) is 27.1. The molecule has 2 heteroatoms. The summed E-state index contributed by atoms with van der Waals surface area (Å²) in [7, 11) is 0. The van der Waals surface area contributed by atoms with Gasteiger partial charge in [0.1, 0.15) is 6.07 Å². The standard InChI is InChI=1S/C30H40FN/c1-2-6-24-15-19-28(20-16-24)29-21-17-27(18-22-29)14-13-26-11-9-25(10-12-26)7-4-3-5-8-30(31)23-32/h3,5,8,13-16,19-20,25-27,29H,2,4,6-7,9-12,17-18,21-22H2,1H3/b5-3?,14-13+,30-8?/t25-,26-,27-,29-. The maximum Gasteiger partial charge on any atom is 0.199 e. The van der Waals surface area contributed by atoms with Crippen molar-refractivity contribution in [2.24, 2.45) is 17.8 Å². The van der Waals surface area contributed by atoms with Crippen LogP contribution in [0, 0.1) is 29.1 Å². The fourth-order valence-corrected chi connectivity index (χ4v) is 5.49. The topological polar surface area (TPSA) is 23.8 Å². The van der Waals surface area contributed by atoms with Crippen molar-refractivity contribution in [3.8, 4) is 6.07 Å². The second-order valence-corrected chi connectivity index (χ2v) is 9.90. The summed E-state index contributed by atoms with van der Waals surface area (Å²) in [6.07, 6.45) is 25.1. The van der Waals surface area contributed by atoms with E-state index in [0.717, 1.165) is 30.1 Å². The fourth-order valence-electron chi connectivity index (χ4n) is 5.49. The number of allylic oxidation sites excluding steroid dienone is 6. The molecule has 0 unspecified atom stereocenters. The molecule has 0 spiro atoms. The summed E-state index contributed by atoms with van der Waals surface area (Å²) in [5.41, 5.74) is 3.02. The van der Waals surface area contributed by atoms with E-state index >= 15 is 0 Å². The van der Waals surface area contributed by atoms with Crippen LogP contribution in [0.25, 0.3) is 0 Å². The van der Waals surface area contributed by atoms with Crippen molar-refractivity contribution in [2.75, 3.05) is 0 Å². The third-order valence-corrected chi connectivity index (χ3v) is 7.54. The Balaban J connectivity index is 1.33. The van der Waals surface area contributed by atoms with Crippen LogP contribution in [-0.4, -0.2) is 0 Å². The van der Waals surface area contributed by atoms with Crippen LogP contribution in [0.3, 0.4) is 0 Å². The van der Waals surface area contributed by atoms with E-state index in [4.69, 9.17) is 5.26 Å². The lowest BCUT2D eigenvalue weighted by molar-refractivity contribution is 0.295. The van der Waals surface area contributed by atoms with E-state index in [1.165, 1.54) is 88.3 Å². The number of hydrogen-bond acceptors (Lipinski definition) is 1. The largest absolute Gasteiger partial charge is 0.199 e. The molecule has 1 nitrogen and oxygen atoms in total. The highest BCUT2D eigenvalue weighted by Crippen LogP contribution is 2.38. The molecule has 1 aromatic carbocycles. The van der Waals surface area contributed by atoms with Crippen molar-refractivity contribution in [2.45, 2.75) is 89.9 Å². The molecular formula is C30H40FN. The highest BCUT2D eigenvalue weighted by atomic mass is 19.1. The van der Waals surface area contributed by atoms with Crippen molar-refractivity contribution in [3.63, 3.8) is 0 Å². The Bertz CT molecular complexity index is 794. The molecule has 2 saturated carbocycles. The zero-order chi connectivity index (χ0) is 22.6. The highest BCUT2D eigenvalue weighted by molar-refractivity contribution is 5.26. The van der Waals surface area contributed by atoms with Crippen molar-refractivity contribution < 1.29 is 4.39 Å². The average molecular weight is 434 g/mol. The molecule has 172 valence electrons. The van der Waals surface area contributed by atoms with E-state index in [2.05, 4.69) is 43.3 Å². The Hall–Kier alpha value is -2.14. The zero-order valence-corrected chi connectivity index (χ0v) is 19.8. The first-order chi connectivity index (χ1) is 15.7. The minimum Gasteiger partial charge on any atom is -0.195 e. The van der Waals surface area contributed by atoms with Crippen LogP contribution in [0.1, 0.15) is 94.6 Å². The lowest BCUT2D eigenvalue weighted by Gasteiger charge is -2.29. The summed E-state index contributed by atoms with van der Waals surface area (Å²) >= 11 is 0. The third-order valence-electron chi connectivity index (χ3n) is 7.54. The molecule has 0 N–H and O–H groups in total. The van der Waals surface area contributed by atoms with Gasteiger partial charge in [0, 0.05) is 0 Å². The number of aryl methyl sites for hydroxylation is 1. The van der Waals surface area contributed by atoms with Crippen LogP contribution in [0.2, 0.25) is 0 Å². The van der Waals surface area contributed by atoms with Gasteiger partial charge in [-0.3, -0.25) is 0 Å². The van der Waals surface area contributed by atoms with Gasteiger partial charge in [-0.1, -0.05) is 61.9 Å². The first kappa shape index (κ1) is 24.5. The number of nitrogens with zero attached hydrogens (tertiary/aromatic N) is 1. The monoisotopic (exact) mass is 433 g/mol. The van der Waals surface area contributed by atoms with Crippen LogP contribution in [-0.2, 0) is 6.42 Å². The summed E-state index contributed by atoms with van der Waals surface area (Å²) in [6.45, 7) is 2.25. The summed E-state index contributed by atoms with van der Waals surface area (Å²) < 4.78 is 12.7. The molecule has 0 radical (unpaired) electrons. The summed E-state index contributed by atoms with van der Waals surface area (Å²) in [5.74, 6) is 2.37. The minimum absolute atomic E-state index is 0.719. The van der Waals surface area contributed by atoms with Gasteiger partial charge in [0.05, 0.1) is 0 Å². The molecule has 0 aliphatic heterocycles. The Morgan fingerprint density at radius 2 is 1.59 bits per heavy atom. The Kier molecular flexibility index (Phi) is 10.3. The molecule has 2 aliphatic carbocycles. The quantitative estimate of drug-likeness (QED) is 0.216. The zero-order valence-electron chi connectivity index (χ0n) is 19.8. The molecule has 0 heterocycles. The Morgan fingerprint density at radius 1 is 0.969 bits per heavy atom. The predicted octanol–water partition coefficient (Wildman–Crippen LogP) is 8.99. The Labute approximate surface area is 195 Å². The van der Waals surface area contributed by atoms with E-state index in [0.29, 0.717) is 0 Å². The van der Waals surface area contributed by atoms with Crippen LogP contribution in [0.4, 0.5) is 4.39 Å². The molecule has 0 aromatic heterocycles. The van der Waals surface area contributed by atoms with E-state index < -0.39 is 5.83 Å². The number of halogens is 1. The van der Waals surface area contributed by atoms with Crippen LogP contribution in [0.15, 0.2) is 60.5 Å². The molecule has 1 aromatic rings. The maximum absolute atomic E-state index is 12.7. The van der Waals surface area contributed by atoms with E-state index in [9.17, 15) is 4.39 Å². The van der Waals surface area contributed by atoms with Crippen molar-refractivity contribution in [3.05, 3.63) is 71.6 Å². The molecule has 0 atom stereocenters. The van der Waals surface area contributed by atoms with Crippen molar-refractivity contribution in [1.82, 2.24) is 0 Å². The molecule has 0 bridgehead atoms.